The van der Waals surface area contributed by atoms with Crippen molar-refractivity contribution in [2.75, 3.05) is 59.5 Å². The van der Waals surface area contributed by atoms with Crippen molar-refractivity contribution in [2.45, 2.75) is 251 Å². The van der Waals surface area contributed by atoms with E-state index >= 15 is 0 Å². The molecule has 0 spiro atoms. The van der Waals surface area contributed by atoms with Gasteiger partial charge < -0.3 is 28.4 Å². The zero-order valence-corrected chi connectivity index (χ0v) is 36.9. The number of hydrogen-bond acceptors (Lipinski definition) is 6. The maximum Gasteiger partial charge on any atom is 0.104 e. The summed E-state index contributed by atoms with van der Waals surface area (Å²) in [5.74, 6) is 0. The first kappa shape index (κ1) is 51.8. The van der Waals surface area contributed by atoms with E-state index in [9.17, 15) is 0 Å². The van der Waals surface area contributed by atoms with Gasteiger partial charge in [0.05, 0.1) is 39.6 Å². The van der Waals surface area contributed by atoms with E-state index in [0.717, 1.165) is 59.5 Å². The van der Waals surface area contributed by atoms with Gasteiger partial charge in [-0.15, -0.1) is 0 Å². The number of ether oxygens (including phenoxy) is 6. The molecule has 0 saturated carbocycles. The van der Waals surface area contributed by atoms with Gasteiger partial charge >= 0.3 is 0 Å². The third kappa shape index (κ3) is 46.1. The largest absolute Gasteiger partial charge is 0.379 e. The highest BCUT2D eigenvalue weighted by atomic mass is 16.6. The molecule has 0 bridgehead atoms. The zero-order valence-electron chi connectivity index (χ0n) is 36.9. The lowest BCUT2D eigenvalue weighted by atomic mass is 10.1. The molecule has 0 radical (unpaired) electrons. The molecule has 0 aromatic heterocycles. The standard InChI is InChI=1S/C17H34O2.C16H32O2.C15H30O2/c1-2-3-4-5-6-7-8-9-10-11-12-13-14-18-15-17-16-19-17;1-2-3-4-5-6-7-8-9-10-11-12-13-17-14-16-15-18-16;1-2-3-4-5-6-7-8-9-10-11-12-16-13-15-14-17-15/h17H,2-16H2,1H3;16H,2-15H2,1H3;15H,2-14H2,1H3. The van der Waals surface area contributed by atoms with E-state index < -0.39 is 0 Å². The summed E-state index contributed by atoms with van der Waals surface area (Å²) in [4.78, 5) is 0. The van der Waals surface area contributed by atoms with Gasteiger partial charge in [-0.2, -0.15) is 0 Å². The number of rotatable bonds is 42. The lowest BCUT2D eigenvalue weighted by Crippen LogP contribution is -2.02. The molecule has 324 valence electrons. The van der Waals surface area contributed by atoms with Crippen molar-refractivity contribution in [3.05, 3.63) is 0 Å². The summed E-state index contributed by atoms with van der Waals surface area (Å²) < 4.78 is 31.8. The Bertz CT molecular complexity index is 680. The molecule has 6 nitrogen and oxygen atoms in total. The van der Waals surface area contributed by atoms with Gasteiger partial charge in [-0.1, -0.05) is 213 Å². The van der Waals surface area contributed by atoms with Gasteiger partial charge in [0.25, 0.3) is 0 Å². The molecule has 3 rings (SSSR count). The van der Waals surface area contributed by atoms with Crippen LogP contribution in [0.4, 0.5) is 0 Å². The Morgan fingerprint density at radius 2 is 0.444 bits per heavy atom. The van der Waals surface area contributed by atoms with Gasteiger partial charge in [-0.25, -0.2) is 0 Å². The summed E-state index contributed by atoms with van der Waals surface area (Å²) >= 11 is 0. The first-order valence-corrected chi connectivity index (χ1v) is 24.4. The molecule has 0 aliphatic carbocycles. The van der Waals surface area contributed by atoms with Crippen molar-refractivity contribution < 1.29 is 28.4 Å². The van der Waals surface area contributed by atoms with E-state index in [1.165, 1.54) is 212 Å². The lowest BCUT2D eigenvalue weighted by Gasteiger charge is -2.03. The summed E-state index contributed by atoms with van der Waals surface area (Å²) in [5, 5.41) is 0. The highest BCUT2D eigenvalue weighted by Crippen LogP contribution is 2.15. The van der Waals surface area contributed by atoms with Crippen molar-refractivity contribution in [1.82, 2.24) is 0 Å². The van der Waals surface area contributed by atoms with Crippen LogP contribution < -0.4 is 0 Å². The van der Waals surface area contributed by atoms with Gasteiger partial charge in [0.15, 0.2) is 0 Å². The molecule has 0 amide bonds. The summed E-state index contributed by atoms with van der Waals surface area (Å²) in [5.41, 5.74) is 0. The van der Waals surface area contributed by atoms with E-state index in [-0.39, 0.29) is 0 Å². The summed E-state index contributed by atoms with van der Waals surface area (Å²) in [6.07, 6.45) is 47.4. The van der Waals surface area contributed by atoms with Gasteiger partial charge in [-0.05, 0) is 19.3 Å². The van der Waals surface area contributed by atoms with Gasteiger partial charge in [0.2, 0.25) is 0 Å². The zero-order chi connectivity index (χ0) is 38.7. The molecular weight excluding hydrogens is 673 g/mol. The first-order valence-electron chi connectivity index (χ1n) is 24.4. The number of unbranched alkanes of at least 4 members (excludes halogenated alkanes) is 30. The summed E-state index contributed by atoms with van der Waals surface area (Å²) in [6.45, 7) is 14.8. The predicted octanol–water partition coefficient (Wildman–Crippen LogP) is 14.1. The first-order chi connectivity index (χ1) is 26.8. The third-order valence-corrected chi connectivity index (χ3v) is 10.8. The Hall–Kier alpha value is -0.240. The van der Waals surface area contributed by atoms with Crippen molar-refractivity contribution >= 4 is 0 Å². The molecule has 3 heterocycles. The minimum Gasteiger partial charge on any atom is -0.379 e. The molecule has 0 aromatic rings. The SMILES string of the molecule is CCCCCCCCCCCCCCOCC1CO1.CCCCCCCCCCCCCOCC1CO1.CCCCCCCCCCCCOCC1CO1. The fourth-order valence-electron chi connectivity index (χ4n) is 6.74. The molecule has 3 fully saturated rings. The van der Waals surface area contributed by atoms with Crippen LogP contribution in [0.2, 0.25) is 0 Å². The van der Waals surface area contributed by atoms with Crippen LogP contribution in [-0.2, 0) is 28.4 Å². The van der Waals surface area contributed by atoms with Crippen LogP contribution in [0.1, 0.15) is 233 Å². The van der Waals surface area contributed by atoms with Gasteiger partial charge in [0.1, 0.15) is 18.3 Å². The summed E-state index contributed by atoms with van der Waals surface area (Å²) in [7, 11) is 0. The lowest BCUT2D eigenvalue weighted by molar-refractivity contribution is 0.113. The normalized spacial score (nSPS) is 18.2. The highest BCUT2D eigenvalue weighted by molar-refractivity contribution is 4.68. The average molecular weight is 769 g/mol. The molecule has 54 heavy (non-hydrogen) atoms. The quantitative estimate of drug-likeness (QED) is 0.0455. The molecule has 3 aliphatic heterocycles. The van der Waals surface area contributed by atoms with E-state index in [2.05, 4.69) is 20.8 Å². The van der Waals surface area contributed by atoms with Crippen LogP contribution in [0, 0.1) is 0 Å². The van der Waals surface area contributed by atoms with Gasteiger partial charge in [-0.3, -0.25) is 0 Å². The molecule has 0 N–H and O–H groups in total. The second-order valence-electron chi connectivity index (χ2n) is 16.7. The van der Waals surface area contributed by atoms with Crippen LogP contribution in [0.25, 0.3) is 0 Å². The van der Waals surface area contributed by atoms with E-state index in [1.54, 1.807) is 0 Å². The molecular formula is C48H96O6. The maximum atomic E-state index is 5.52. The maximum absolute atomic E-state index is 5.52. The minimum absolute atomic E-state index is 0.428. The van der Waals surface area contributed by atoms with Crippen molar-refractivity contribution in [1.29, 1.82) is 0 Å². The van der Waals surface area contributed by atoms with Crippen LogP contribution >= 0.6 is 0 Å². The topological polar surface area (TPSA) is 65.3 Å². The molecule has 0 aromatic carbocycles. The van der Waals surface area contributed by atoms with E-state index in [4.69, 9.17) is 28.4 Å². The van der Waals surface area contributed by atoms with Crippen LogP contribution in [0.15, 0.2) is 0 Å². The monoisotopic (exact) mass is 769 g/mol. The van der Waals surface area contributed by atoms with Crippen molar-refractivity contribution in [3.8, 4) is 0 Å². The molecule has 3 saturated heterocycles. The second kappa shape index (κ2) is 43.9. The van der Waals surface area contributed by atoms with Crippen LogP contribution in [0.5, 0.6) is 0 Å². The average Bonchev–Trinajstić information content (AvgIpc) is 4.03. The number of epoxide rings is 3. The van der Waals surface area contributed by atoms with Crippen molar-refractivity contribution in [2.24, 2.45) is 0 Å². The second-order valence-corrected chi connectivity index (χ2v) is 16.7. The summed E-state index contributed by atoms with van der Waals surface area (Å²) in [6, 6.07) is 0. The van der Waals surface area contributed by atoms with Crippen LogP contribution in [-0.4, -0.2) is 77.8 Å². The predicted molar refractivity (Wildman–Crippen MR) is 231 cm³/mol. The smallest absolute Gasteiger partial charge is 0.104 e. The highest BCUT2D eigenvalue weighted by Gasteiger charge is 2.23. The third-order valence-electron chi connectivity index (χ3n) is 10.8. The van der Waals surface area contributed by atoms with Crippen LogP contribution in [0.3, 0.4) is 0 Å². The van der Waals surface area contributed by atoms with E-state index in [0.29, 0.717) is 18.3 Å². The molecule has 3 atom stereocenters. The Kier molecular flexibility index (Phi) is 42.1. The Balaban J connectivity index is 0.000000406. The number of hydrogen-bond donors (Lipinski definition) is 0. The fraction of sp³-hybridized carbons (Fsp3) is 1.00. The van der Waals surface area contributed by atoms with Gasteiger partial charge in [0, 0.05) is 19.8 Å². The Morgan fingerprint density at radius 1 is 0.278 bits per heavy atom. The fourth-order valence-corrected chi connectivity index (χ4v) is 6.74. The Labute approximate surface area is 338 Å². The van der Waals surface area contributed by atoms with E-state index in [1.807, 2.05) is 0 Å². The van der Waals surface area contributed by atoms with Crippen molar-refractivity contribution in [3.63, 3.8) is 0 Å². The molecule has 6 heteroatoms. The molecule has 3 aliphatic rings. The minimum atomic E-state index is 0.428. The molecule has 3 unspecified atom stereocenters. The Morgan fingerprint density at radius 3 is 0.611 bits per heavy atom.